The SMILES string of the molecule is COc1cccnc1-c1cc(NCc2cccnc2)nc2[nH]ccc12. The number of anilines is 1. The van der Waals surface area contributed by atoms with Crippen LogP contribution in [0.25, 0.3) is 22.3 Å². The van der Waals surface area contributed by atoms with Crippen molar-refractivity contribution < 1.29 is 4.74 Å². The van der Waals surface area contributed by atoms with E-state index in [1.165, 1.54) is 0 Å². The van der Waals surface area contributed by atoms with Gasteiger partial charge in [-0.3, -0.25) is 9.97 Å². The van der Waals surface area contributed by atoms with Gasteiger partial charge in [0.25, 0.3) is 0 Å². The highest BCUT2D eigenvalue weighted by molar-refractivity contribution is 5.95. The molecule has 4 aromatic heterocycles. The third-order valence-corrected chi connectivity index (χ3v) is 3.97. The van der Waals surface area contributed by atoms with Gasteiger partial charge in [-0.15, -0.1) is 0 Å². The second-order valence-corrected chi connectivity index (χ2v) is 5.56. The Morgan fingerprint density at radius 2 is 2.08 bits per heavy atom. The molecule has 2 N–H and O–H groups in total. The van der Waals surface area contributed by atoms with Crippen molar-refractivity contribution in [1.29, 1.82) is 0 Å². The minimum Gasteiger partial charge on any atom is -0.494 e. The van der Waals surface area contributed by atoms with Crippen LogP contribution in [0.3, 0.4) is 0 Å². The summed E-state index contributed by atoms with van der Waals surface area (Å²) >= 11 is 0. The van der Waals surface area contributed by atoms with E-state index in [0.717, 1.165) is 39.4 Å². The molecule has 0 saturated carbocycles. The lowest BCUT2D eigenvalue weighted by molar-refractivity contribution is 0.415. The summed E-state index contributed by atoms with van der Waals surface area (Å²) in [6.07, 6.45) is 7.24. The Morgan fingerprint density at radius 3 is 2.92 bits per heavy atom. The molecule has 0 aliphatic rings. The summed E-state index contributed by atoms with van der Waals surface area (Å²) < 4.78 is 5.47. The van der Waals surface area contributed by atoms with Gasteiger partial charge in [-0.05, 0) is 35.9 Å². The van der Waals surface area contributed by atoms with Crippen molar-refractivity contribution in [1.82, 2.24) is 19.9 Å². The number of H-pyrrole nitrogens is 1. The van der Waals surface area contributed by atoms with E-state index >= 15 is 0 Å². The van der Waals surface area contributed by atoms with Crippen LogP contribution >= 0.6 is 0 Å². The molecule has 0 fully saturated rings. The molecule has 124 valence electrons. The summed E-state index contributed by atoms with van der Waals surface area (Å²) in [7, 11) is 1.65. The maximum Gasteiger partial charge on any atom is 0.145 e. The topological polar surface area (TPSA) is 75.7 Å². The van der Waals surface area contributed by atoms with E-state index in [1.54, 1.807) is 19.5 Å². The number of hydrogen-bond acceptors (Lipinski definition) is 5. The largest absolute Gasteiger partial charge is 0.494 e. The van der Waals surface area contributed by atoms with Crippen LogP contribution in [0.4, 0.5) is 5.82 Å². The van der Waals surface area contributed by atoms with Crippen LogP contribution in [-0.4, -0.2) is 27.0 Å². The normalized spacial score (nSPS) is 10.8. The van der Waals surface area contributed by atoms with Crippen LogP contribution in [0.15, 0.2) is 61.2 Å². The minimum absolute atomic E-state index is 0.645. The lowest BCUT2D eigenvalue weighted by atomic mass is 10.1. The standard InChI is InChI=1S/C19H17N5O/c1-25-16-5-3-8-21-18(16)15-10-17(24-19-14(15)6-9-22-19)23-12-13-4-2-7-20-11-13/h2-11H,12H2,1H3,(H2,22,23,24). The second kappa shape index (κ2) is 6.60. The molecule has 0 aliphatic heterocycles. The van der Waals surface area contributed by atoms with Gasteiger partial charge in [-0.25, -0.2) is 4.98 Å². The van der Waals surface area contributed by atoms with E-state index in [1.807, 2.05) is 48.8 Å². The second-order valence-electron chi connectivity index (χ2n) is 5.56. The van der Waals surface area contributed by atoms with E-state index in [-0.39, 0.29) is 0 Å². The molecule has 6 heteroatoms. The Hall–Kier alpha value is -3.41. The number of methoxy groups -OCH3 is 1. The number of aromatic amines is 1. The van der Waals surface area contributed by atoms with Crippen LogP contribution in [0.2, 0.25) is 0 Å². The van der Waals surface area contributed by atoms with Gasteiger partial charge in [0.15, 0.2) is 0 Å². The number of ether oxygens (including phenoxy) is 1. The van der Waals surface area contributed by atoms with Gasteiger partial charge in [0.1, 0.15) is 22.9 Å². The number of aromatic nitrogens is 4. The van der Waals surface area contributed by atoms with Gasteiger partial charge >= 0.3 is 0 Å². The van der Waals surface area contributed by atoms with Crippen LogP contribution in [0.5, 0.6) is 5.75 Å². The van der Waals surface area contributed by atoms with Crippen molar-refractivity contribution in [2.45, 2.75) is 6.54 Å². The van der Waals surface area contributed by atoms with E-state index in [4.69, 9.17) is 4.74 Å². The summed E-state index contributed by atoms with van der Waals surface area (Å²) in [6, 6.07) is 11.7. The van der Waals surface area contributed by atoms with Crippen LogP contribution in [0.1, 0.15) is 5.56 Å². The highest BCUT2D eigenvalue weighted by Gasteiger charge is 2.13. The van der Waals surface area contributed by atoms with Crippen molar-refractivity contribution in [2.24, 2.45) is 0 Å². The molecule has 0 bridgehead atoms. The van der Waals surface area contributed by atoms with Crippen molar-refractivity contribution in [3.05, 3.63) is 66.7 Å². The molecule has 0 amide bonds. The Balaban J connectivity index is 1.75. The zero-order valence-electron chi connectivity index (χ0n) is 13.7. The van der Waals surface area contributed by atoms with Crippen molar-refractivity contribution >= 4 is 16.9 Å². The maximum absolute atomic E-state index is 5.47. The van der Waals surface area contributed by atoms with Crippen LogP contribution < -0.4 is 10.1 Å². The molecule has 0 saturated heterocycles. The third-order valence-electron chi connectivity index (χ3n) is 3.97. The highest BCUT2D eigenvalue weighted by atomic mass is 16.5. The summed E-state index contributed by atoms with van der Waals surface area (Å²) in [6.45, 7) is 0.645. The number of nitrogens with zero attached hydrogens (tertiary/aromatic N) is 3. The quantitative estimate of drug-likeness (QED) is 0.584. The van der Waals surface area contributed by atoms with Crippen LogP contribution in [0, 0.1) is 0 Å². The van der Waals surface area contributed by atoms with Gasteiger partial charge in [-0.2, -0.15) is 0 Å². The van der Waals surface area contributed by atoms with Gasteiger partial charge < -0.3 is 15.0 Å². The highest BCUT2D eigenvalue weighted by Crippen LogP contribution is 2.34. The first-order valence-corrected chi connectivity index (χ1v) is 7.95. The van der Waals surface area contributed by atoms with E-state index in [9.17, 15) is 0 Å². The molecule has 4 aromatic rings. The fourth-order valence-corrected chi connectivity index (χ4v) is 2.78. The van der Waals surface area contributed by atoms with E-state index in [0.29, 0.717) is 6.54 Å². The van der Waals surface area contributed by atoms with Gasteiger partial charge in [0, 0.05) is 42.3 Å². The molecular weight excluding hydrogens is 314 g/mol. The molecule has 25 heavy (non-hydrogen) atoms. The first-order valence-electron chi connectivity index (χ1n) is 7.95. The number of nitrogens with one attached hydrogen (secondary N) is 2. The summed E-state index contributed by atoms with van der Waals surface area (Å²) in [5.41, 5.74) is 3.66. The van der Waals surface area contributed by atoms with E-state index < -0.39 is 0 Å². The Labute approximate surface area is 144 Å². The number of hydrogen-bond donors (Lipinski definition) is 2. The smallest absolute Gasteiger partial charge is 0.145 e. The van der Waals surface area contributed by atoms with Crippen molar-refractivity contribution in [3.63, 3.8) is 0 Å². The number of pyridine rings is 3. The maximum atomic E-state index is 5.47. The monoisotopic (exact) mass is 331 g/mol. The Kier molecular flexibility index (Phi) is 4.00. The average molecular weight is 331 g/mol. The molecule has 0 aromatic carbocycles. The van der Waals surface area contributed by atoms with Gasteiger partial charge in [0.05, 0.1) is 7.11 Å². The fraction of sp³-hybridized carbons (Fsp3) is 0.105. The van der Waals surface area contributed by atoms with Crippen molar-refractivity contribution in [3.8, 4) is 17.0 Å². The predicted molar refractivity (Wildman–Crippen MR) is 97.4 cm³/mol. The zero-order chi connectivity index (χ0) is 17.1. The Bertz CT molecular complexity index is 997. The fourth-order valence-electron chi connectivity index (χ4n) is 2.78. The lowest BCUT2D eigenvalue weighted by Gasteiger charge is -2.11. The van der Waals surface area contributed by atoms with Gasteiger partial charge in [-0.1, -0.05) is 6.07 Å². The lowest BCUT2D eigenvalue weighted by Crippen LogP contribution is -2.02. The molecule has 0 unspecified atom stereocenters. The minimum atomic E-state index is 0.645. The molecule has 0 radical (unpaired) electrons. The number of fused-ring (bicyclic) bond motifs is 1. The van der Waals surface area contributed by atoms with Crippen molar-refractivity contribution in [2.75, 3.05) is 12.4 Å². The third kappa shape index (κ3) is 3.01. The summed E-state index contributed by atoms with van der Waals surface area (Å²) in [5, 5.41) is 4.35. The van der Waals surface area contributed by atoms with E-state index in [2.05, 4.69) is 25.3 Å². The molecule has 0 aliphatic carbocycles. The summed E-state index contributed by atoms with van der Waals surface area (Å²) in [5.74, 6) is 1.50. The number of rotatable bonds is 5. The molecule has 4 rings (SSSR count). The van der Waals surface area contributed by atoms with Gasteiger partial charge in [0.2, 0.25) is 0 Å². The molecule has 0 spiro atoms. The Morgan fingerprint density at radius 1 is 1.16 bits per heavy atom. The molecular formula is C19H17N5O. The molecule has 6 nitrogen and oxygen atoms in total. The first-order chi connectivity index (χ1) is 12.3. The first kappa shape index (κ1) is 15.1. The predicted octanol–water partition coefficient (Wildman–Crippen LogP) is 3.64. The summed E-state index contributed by atoms with van der Waals surface area (Å²) in [4.78, 5) is 16.4. The zero-order valence-corrected chi connectivity index (χ0v) is 13.7. The molecule has 0 atom stereocenters. The van der Waals surface area contributed by atoms with Crippen LogP contribution in [-0.2, 0) is 6.54 Å². The average Bonchev–Trinajstić information content (AvgIpc) is 3.15. The molecule has 4 heterocycles.